The summed E-state index contributed by atoms with van der Waals surface area (Å²) in [5.41, 5.74) is -1.42. The van der Waals surface area contributed by atoms with Crippen molar-refractivity contribution in [1.82, 2.24) is 0 Å². The predicted octanol–water partition coefficient (Wildman–Crippen LogP) is 3.15. The molecule has 1 aliphatic rings. The molecule has 4 nitrogen and oxygen atoms in total. The first-order valence-electron chi connectivity index (χ1n) is 7.06. The zero-order valence-electron chi connectivity index (χ0n) is 13.0. The van der Waals surface area contributed by atoms with Gasteiger partial charge in [0.25, 0.3) is 0 Å². The summed E-state index contributed by atoms with van der Waals surface area (Å²) in [6.45, 7) is 7.25. The summed E-state index contributed by atoms with van der Waals surface area (Å²) >= 11 is 0. The van der Waals surface area contributed by atoms with Gasteiger partial charge in [-0.15, -0.1) is 0 Å². The smallest absolute Gasteiger partial charge is 0.466 e. The summed E-state index contributed by atoms with van der Waals surface area (Å²) in [7, 11) is -0.961. The summed E-state index contributed by atoms with van der Waals surface area (Å²) in [6, 6.07) is 2.96. The van der Waals surface area contributed by atoms with E-state index >= 15 is 0 Å². The molecule has 0 saturated carbocycles. The summed E-state index contributed by atoms with van der Waals surface area (Å²) in [5.74, 6) is -3.39. The van der Waals surface area contributed by atoms with Gasteiger partial charge in [-0.25, -0.2) is 8.78 Å². The number of hydrogen-bond acceptors (Lipinski definition) is 3. The Morgan fingerprint density at radius 1 is 1.23 bits per heavy atom. The number of benzene rings is 1. The van der Waals surface area contributed by atoms with Crippen molar-refractivity contribution in [3.63, 3.8) is 0 Å². The van der Waals surface area contributed by atoms with Gasteiger partial charge in [0.05, 0.1) is 17.6 Å². The van der Waals surface area contributed by atoms with Crippen LogP contribution in [0.4, 0.5) is 8.78 Å². The molecular formula is C15H19BF2O4. The van der Waals surface area contributed by atoms with Crippen molar-refractivity contribution in [1.29, 1.82) is 0 Å². The van der Waals surface area contributed by atoms with E-state index in [9.17, 15) is 13.6 Å². The first-order chi connectivity index (χ1) is 10.0. The molecule has 1 saturated heterocycles. The Morgan fingerprint density at radius 3 is 2.27 bits per heavy atom. The van der Waals surface area contributed by atoms with Crippen molar-refractivity contribution in [2.24, 2.45) is 0 Å². The highest BCUT2D eigenvalue weighted by Crippen LogP contribution is 2.42. The molecule has 120 valence electrons. The molecule has 1 atom stereocenters. The van der Waals surface area contributed by atoms with Crippen molar-refractivity contribution >= 4 is 13.1 Å². The van der Waals surface area contributed by atoms with E-state index in [4.69, 9.17) is 14.4 Å². The highest BCUT2D eigenvalue weighted by molar-refractivity contribution is 6.48. The lowest BCUT2D eigenvalue weighted by molar-refractivity contribution is -0.137. The lowest BCUT2D eigenvalue weighted by Gasteiger charge is -2.32. The van der Waals surface area contributed by atoms with Crippen molar-refractivity contribution < 1.29 is 28.0 Å². The quantitative estimate of drug-likeness (QED) is 0.868. The normalized spacial score (nSPS) is 20.9. The van der Waals surface area contributed by atoms with Gasteiger partial charge in [-0.05, 0) is 51.5 Å². The molecule has 22 heavy (non-hydrogen) atoms. The number of rotatable bonds is 4. The van der Waals surface area contributed by atoms with Crippen molar-refractivity contribution in [2.45, 2.75) is 51.1 Å². The van der Waals surface area contributed by atoms with Crippen LogP contribution in [-0.4, -0.2) is 29.4 Å². The monoisotopic (exact) mass is 312 g/mol. The van der Waals surface area contributed by atoms with Gasteiger partial charge in [-0.1, -0.05) is 0 Å². The Balaban J connectivity index is 2.40. The Kier molecular flexibility index (Phi) is 4.32. The maximum Gasteiger partial charge on any atom is 0.466 e. The zero-order valence-corrected chi connectivity index (χ0v) is 13.0. The molecule has 0 amide bonds. The van der Waals surface area contributed by atoms with Crippen molar-refractivity contribution in [2.75, 3.05) is 0 Å². The minimum absolute atomic E-state index is 0.0547. The maximum atomic E-state index is 14.0. The minimum atomic E-state index is -1.14. The second-order valence-corrected chi connectivity index (χ2v) is 6.49. The molecule has 1 unspecified atom stereocenters. The Morgan fingerprint density at radius 2 is 1.77 bits per heavy atom. The predicted molar refractivity (Wildman–Crippen MR) is 77.4 cm³/mol. The number of hydrogen-bond donors (Lipinski definition) is 1. The third-order valence-corrected chi connectivity index (χ3v) is 4.35. The highest BCUT2D eigenvalue weighted by atomic mass is 19.1. The van der Waals surface area contributed by atoms with Crippen LogP contribution in [-0.2, 0) is 14.1 Å². The van der Waals surface area contributed by atoms with Gasteiger partial charge in [0.2, 0.25) is 0 Å². The lowest BCUT2D eigenvalue weighted by Crippen LogP contribution is -2.41. The van der Waals surface area contributed by atoms with Gasteiger partial charge < -0.3 is 14.4 Å². The number of carbonyl (C=O) groups is 1. The van der Waals surface area contributed by atoms with Crippen LogP contribution in [0.5, 0.6) is 0 Å². The van der Waals surface area contributed by atoms with E-state index in [0.717, 1.165) is 18.2 Å². The number of halogens is 2. The average molecular weight is 312 g/mol. The minimum Gasteiger partial charge on any atom is -0.481 e. The molecular weight excluding hydrogens is 293 g/mol. The summed E-state index contributed by atoms with van der Waals surface area (Å²) in [5, 5.41) is 9.10. The lowest BCUT2D eigenvalue weighted by atomic mass is 9.66. The first kappa shape index (κ1) is 16.9. The topological polar surface area (TPSA) is 55.8 Å². The van der Waals surface area contributed by atoms with Crippen LogP contribution in [0.3, 0.4) is 0 Å². The third kappa shape index (κ3) is 3.15. The standard InChI is InChI=1S/C15H19BF2O4/c1-14(2)15(3,4)22-16(21-14)11(8-13(19)20)10-7-9(17)5-6-12(10)18/h5-7,11H,8H2,1-4H3,(H,19,20). The van der Waals surface area contributed by atoms with Crippen LogP contribution in [0.1, 0.15) is 45.5 Å². The maximum absolute atomic E-state index is 14.0. The molecule has 7 heteroatoms. The summed E-state index contributed by atoms with van der Waals surface area (Å²) in [6.07, 6.45) is -0.419. The van der Waals surface area contributed by atoms with Crippen LogP contribution >= 0.6 is 0 Å². The van der Waals surface area contributed by atoms with Gasteiger partial charge >= 0.3 is 13.1 Å². The molecule has 1 aromatic rings. The fourth-order valence-electron chi connectivity index (χ4n) is 2.39. The number of aliphatic carboxylic acids is 1. The van der Waals surface area contributed by atoms with E-state index in [1.165, 1.54) is 0 Å². The molecule has 0 spiro atoms. The molecule has 1 heterocycles. The van der Waals surface area contributed by atoms with E-state index in [-0.39, 0.29) is 5.56 Å². The van der Waals surface area contributed by atoms with Crippen LogP contribution in [0.15, 0.2) is 18.2 Å². The van der Waals surface area contributed by atoms with Crippen LogP contribution in [0, 0.1) is 11.6 Å². The van der Waals surface area contributed by atoms with Gasteiger partial charge in [0.1, 0.15) is 11.6 Å². The van der Waals surface area contributed by atoms with Gasteiger partial charge in [-0.2, -0.15) is 0 Å². The molecule has 1 fully saturated rings. The van der Waals surface area contributed by atoms with Gasteiger partial charge in [0, 0.05) is 5.82 Å². The van der Waals surface area contributed by atoms with Gasteiger partial charge in [-0.3, -0.25) is 4.79 Å². The van der Waals surface area contributed by atoms with Crippen molar-refractivity contribution in [3.05, 3.63) is 35.4 Å². The summed E-state index contributed by atoms with van der Waals surface area (Å²) < 4.78 is 39.1. The van der Waals surface area contributed by atoms with Crippen LogP contribution in [0.25, 0.3) is 0 Å². The molecule has 1 aliphatic heterocycles. The van der Waals surface area contributed by atoms with Crippen LogP contribution in [0.2, 0.25) is 0 Å². The molecule has 1 N–H and O–H groups in total. The fourth-order valence-corrected chi connectivity index (χ4v) is 2.39. The van der Waals surface area contributed by atoms with E-state index in [2.05, 4.69) is 0 Å². The first-order valence-corrected chi connectivity index (χ1v) is 7.06. The Bertz CT molecular complexity index is 573. The third-order valence-electron chi connectivity index (χ3n) is 4.35. The molecule has 0 bridgehead atoms. The molecule has 0 radical (unpaired) electrons. The van der Waals surface area contributed by atoms with Crippen LogP contribution < -0.4 is 0 Å². The summed E-state index contributed by atoms with van der Waals surface area (Å²) in [4.78, 5) is 11.1. The zero-order chi connectivity index (χ0) is 16.7. The fraction of sp³-hybridized carbons (Fsp3) is 0.533. The van der Waals surface area contributed by atoms with E-state index < -0.39 is 48.2 Å². The Hall–Kier alpha value is -1.47. The number of carboxylic acid groups (broad SMARTS) is 1. The molecule has 0 aromatic heterocycles. The van der Waals surface area contributed by atoms with Gasteiger partial charge in [0.15, 0.2) is 0 Å². The SMILES string of the molecule is CC1(C)OB(C(CC(=O)O)c2cc(F)ccc2F)OC1(C)C. The molecule has 2 rings (SSSR count). The molecule has 1 aromatic carbocycles. The molecule has 0 aliphatic carbocycles. The van der Waals surface area contributed by atoms with E-state index in [1.807, 2.05) is 27.7 Å². The van der Waals surface area contributed by atoms with E-state index in [1.54, 1.807) is 0 Å². The largest absolute Gasteiger partial charge is 0.481 e. The van der Waals surface area contributed by atoms with E-state index in [0.29, 0.717) is 0 Å². The second-order valence-electron chi connectivity index (χ2n) is 6.49. The second kappa shape index (κ2) is 5.63. The highest BCUT2D eigenvalue weighted by Gasteiger charge is 2.54. The Labute approximate surface area is 128 Å². The van der Waals surface area contributed by atoms with Crippen molar-refractivity contribution in [3.8, 4) is 0 Å². The average Bonchev–Trinajstić information content (AvgIpc) is 2.58. The number of carboxylic acids is 1.